The van der Waals surface area contributed by atoms with E-state index < -0.39 is 17.2 Å². The monoisotopic (exact) mass is 571 g/mol. The summed E-state index contributed by atoms with van der Waals surface area (Å²) in [5.41, 5.74) is 2.51. The van der Waals surface area contributed by atoms with Crippen LogP contribution in [0.1, 0.15) is 43.0 Å². The Kier molecular flexibility index (Phi) is 8.06. The minimum atomic E-state index is -4.46. The molecular formula is C30H33ClF3N5O. The number of likely N-dealkylation sites (tertiary alicyclic amines) is 1. The Labute approximate surface area is 237 Å². The molecule has 1 amide bonds. The van der Waals surface area contributed by atoms with Crippen molar-refractivity contribution in [3.63, 3.8) is 0 Å². The predicted octanol–water partition coefficient (Wildman–Crippen LogP) is 5.74. The molecular weight excluding hydrogens is 539 g/mol. The first-order valence-electron chi connectivity index (χ1n) is 13.6. The van der Waals surface area contributed by atoms with Gasteiger partial charge in [-0.3, -0.25) is 14.8 Å². The Morgan fingerprint density at radius 1 is 1.12 bits per heavy atom. The lowest BCUT2D eigenvalue weighted by Gasteiger charge is -2.42. The van der Waals surface area contributed by atoms with Crippen LogP contribution >= 0.6 is 11.6 Å². The number of carbonyl (C=O) groups excluding carboxylic acids is 1. The Morgan fingerprint density at radius 2 is 1.90 bits per heavy atom. The molecule has 0 bridgehead atoms. The third kappa shape index (κ3) is 5.67. The second-order valence-corrected chi connectivity index (χ2v) is 11.1. The molecule has 4 heterocycles. The zero-order valence-electron chi connectivity index (χ0n) is 22.6. The molecule has 2 aromatic heterocycles. The maximum atomic E-state index is 14.0. The molecule has 2 aliphatic rings. The van der Waals surface area contributed by atoms with E-state index in [0.717, 1.165) is 60.6 Å². The van der Waals surface area contributed by atoms with E-state index in [1.807, 2.05) is 36.2 Å². The van der Waals surface area contributed by atoms with Gasteiger partial charge in [-0.1, -0.05) is 24.6 Å². The van der Waals surface area contributed by atoms with Crippen molar-refractivity contribution < 1.29 is 18.0 Å². The maximum absolute atomic E-state index is 14.0. The Hall–Kier alpha value is -3.17. The van der Waals surface area contributed by atoms with Crippen molar-refractivity contribution in [2.75, 3.05) is 38.1 Å². The van der Waals surface area contributed by atoms with Gasteiger partial charge in [-0.05, 0) is 81.2 Å². The highest BCUT2D eigenvalue weighted by atomic mass is 35.5. The van der Waals surface area contributed by atoms with Crippen LogP contribution in [0.15, 0.2) is 54.9 Å². The first-order chi connectivity index (χ1) is 19.1. The number of benzene rings is 1. The SMILES string of the molecule is CCc1ncccc1-c1ccc(C2(C(=O)N[C@H]3CCN(C)C3)CCN(c3ccc(C(F)(F)F)cc3Cl)CC2)cn1. The van der Waals surface area contributed by atoms with Crippen LogP contribution in [0.3, 0.4) is 0 Å². The number of hydrogen-bond donors (Lipinski definition) is 1. The van der Waals surface area contributed by atoms with Gasteiger partial charge in [-0.15, -0.1) is 0 Å². The third-order valence-corrected chi connectivity index (χ3v) is 8.51. The molecule has 0 aliphatic carbocycles. The molecule has 6 nitrogen and oxygen atoms in total. The Morgan fingerprint density at radius 3 is 2.50 bits per heavy atom. The second-order valence-electron chi connectivity index (χ2n) is 10.7. The lowest BCUT2D eigenvalue weighted by atomic mass is 9.72. The number of nitrogens with zero attached hydrogens (tertiary/aromatic N) is 4. The minimum absolute atomic E-state index is 0.0314. The van der Waals surface area contributed by atoms with Crippen LogP contribution in [-0.4, -0.2) is 60.0 Å². The van der Waals surface area contributed by atoms with Gasteiger partial charge in [0.05, 0.1) is 27.4 Å². The second kappa shape index (κ2) is 11.4. The summed E-state index contributed by atoms with van der Waals surface area (Å²) >= 11 is 6.31. The van der Waals surface area contributed by atoms with Crippen LogP contribution in [-0.2, 0) is 22.8 Å². The molecule has 1 N–H and O–H groups in total. The molecule has 2 saturated heterocycles. The number of alkyl halides is 3. The lowest BCUT2D eigenvalue weighted by Crippen LogP contribution is -2.54. The number of aryl methyl sites for hydroxylation is 1. The maximum Gasteiger partial charge on any atom is 0.416 e. The highest BCUT2D eigenvalue weighted by molar-refractivity contribution is 6.33. The highest BCUT2D eigenvalue weighted by Crippen LogP contribution is 2.41. The van der Waals surface area contributed by atoms with Crippen molar-refractivity contribution >= 4 is 23.2 Å². The van der Waals surface area contributed by atoms with Crippen LogP contribution in [0.4, 0.5) is 18.9 Å². The quantitative estimate of drug-likeness (QED) is 0.409. The summed E-state index contributed by atoms with van der Waals surface area (Å²) in [6.45, 7) is 4.71. The molecule has 40 heavy (non-hydrogen) atoms. The van der Waals surface area contributed by atoms with Gasteiger partial charge >= 0.3 is 6.18 Å². The molecule has 0 saturated carbocycles. The topological polar surface area (TPSA) is 61.4 Å². The normalized spacial score (nSPS) is 19.6. The number of amides is 1. The summed E-state index contributed by atoms with van der Waals surface area (Å²) in [7, 11) is 2.04. The largest absolute Gasteiger partial charge is 0.416 e. The van der Waals surface area contributed by atoms with Crippen molar-refractivity contribution in [1.82, 2.24) is 20.2 Å². The number of rotatable bonds is 6. The standard InChI is InChI=1S/C30H33ClF3N5O/c1-3-25-23(5-4-13-35-25)26-8-6-21(18-36-26)29(28(40)37-22-10-14-38(2)19-22)11-15-39(16-12-29)27-9-7-20(17-24(27)31)30(32,33)34/h4-9,13,17-18,22H,3,10-12,14-16,19H2,1-2H3,(H,37,40)/t22-/m0/s1. The fourth-order valence-electron chi connectivity index (χ4n) is 5.88. The molecule has 0 spiro atoms. The fourth-order valence-corrected chi connectivity index (χ4v) is 6.18. The van der Waals surface area contributed by atoms with Gasteiger partial charge in [0, 0.05) is 49.3 Å². The average molecular weight is 572 g/mol. The Balaban J connectivity index is 1.42. The van der Waals surface area contributed by atoms with Gasteiger partial charge in [0.1, 0.15) is 0 Å². The zero-order valence-corrected chi connectivity index (χ0v) is 23.4. The Bertz CT molecular complexity index is 1360. The molecule has 2 aliphatic heterocycles. The number of likely N-dealkylation sites (N-methyl/N-ethyl adjacent to an activating group) is 1. The smallest absolute Gasteiger partial charge is 0.370 e. The first kappa shape index (κ1) is 28.4. The molecule has 1 atom stereocenters. The molecule has 2 fully saturated rings. The molecule has 1 aromatic carbocycles. The number of pyridine rings is 2. The zero-order chi connectivity index (χ0) is 28.5. The van der Waals surface area contributed by atoms with E-state index in [1.54, 1.807) is 12.4 Å². The number of nitrogens with one attached hydrogen (secondary N) is 1. The van der Waals surface area contributed by atoms with Crippen LogP contribution in [0.25, 0.3) is 11.3 Å². The minimum Gasteiger partial charge on any atom is -0.370 e. The van der Waals surface area contributed by atoms with E-state index in [4.69, 9.17) is 16.6 Å². The van der Waals surface area contributed by atoms with Crippen LogP contribution in [0.2, 0.25) is 5.02 Å². The van der Waals surface area contributed by atoms with Gasteiger partial charge < -0.3 is 15.1 Å². The third-order valence-electron chi connectivity index (χ3n) is 8.21. The van der Waals surface area contributed by atoms with Crippen LogP contribution in [0, 0.1) is 0 Å². The van der Waals surface area contributed by atoms with Gasteiger partial charge in [-0.25, -0.2) is 0 Å². The molecule has 5 rings (SSSR count). The van der Waals surface area contributed by atoms with E-state index in [0.29, 0.717) is 31.6 Å². The lowest BCUT2D eigenvalue weighted by molar-refractivity contribution is -0.137. The number of halogens is 4. The molecule has 0 unspecified atom stereocenters. The summed E-state index contributed by atoms with van der Waals surface area (Å²) in [5, 5.41) is 3.34. The van der Waals surface area contributed by atoms with Gasteiger partial charge in [-0.2, -0.15) is 13.2 Å². The molecule has 212 valence electrons. The number of aromatic nitrogens is 2. The fraction of sp³-hybridized carbons (Fsp3) is 0.433. The van der Waals surface area contributed by atoms with Crippen molar-refractivity contribution in [2.45, 2.75) is 50.2 Å². The van der Waals surface area contributed by atoms with E-state index in [2.05, 4.69) is 22.1 Å². The van der Waals surface area contributed by atoms with Crippen molar-refractivity contribution in [2.24, 2.45) is 0 Å². The summed E-state index contributed by atoms with van der Waals surface area (Å²) in [6.07, 6.45) is 1.74. The number of hydrogen-bond acceptors (Lipinski definition) is 5. The summed E-state index contributed by atoms with van der Waals surface area (Å²) in [6, 6.07) is 11.3. The number of anilines is 1. The molecule has 3 aromatic rings. The average Bonchev–Trinajstić information content (AvgIpc) is 3.36. The van der Waals surface area contributed by atoms with E-state index >= 15 is 0 Å². The van der Waals surface area contributed by atoms with Gasteiger partial charge in [0.2, 0.25) is 5.91 Å². The number of piperidine rings is 1. The van der Waals surface area contributed by atoms with E-state index in [-0.39, 0.29) is 17.0 Å². The van der Waals surface area contributed by atoms with E-state index in [1.165, 1.54) is 6.07 Å². The molecule has 0 radical (unpaired) electrons. The highest BCUT2D eigenvalue weighted by Gasteiger charge is 2.44. The van der Waals surface area contributed by atoms with Crippen LogP contribution in [0.5, 0.6) is 0 Å². The van der Waals surface area contributed by atoms with Crippen molar-refractivity contribution in [1.29, 1.82) is 0 Å². The van der Waals surface area contributed by atoms with Gasteiger partial charge in [0.15, 0.2) is 0 Å². The van der Waals surface area contributed by atoms with Crippen molar-refractivity contribution in [3.8, 4) is 11.3 Å². The predicted molar refractivity (Wildman–Crippen MR) is 150 cm³/mol. The number of carbonyl (C=O) groups is 1. The van der Waals surface area contributed by atoms with Crippen molar-refractivity contribution in [3.05, 3.63) is 76.7 Å². The van der Waals surface area contributed by atoms with Gasteiger partial charge in [0.25, 0.3) is 0 Å². The summed E-state index contributed by atoms with van der Waals surface area (Å²) in [4.78, 5) is 27.4. The first-order valence-corrected chi connectivity index (χ1v) is 14.0. The van der Waals surface area contributed by atoms with E-state index in [9.17, 15) is 18.0 Å². The molecule has 10 heteroatoms. The van der Waals surface area contributed by atoms with Crippen LogP contribution < -0.4 is 10.2 Å². The summed E-state index contributed by atoms with van der Waals surface area (Å²) < 4.78 is 39.5. The summed E-state index contributed by atoms with van der Waals surface area (Å²) in [5.74, 6) is -0.0314.